The molecule has 2 heterocycles. The lowest BCUT2D eigenvalue weighted by Crippen LogP contribution is -2.01. The van der Waals surface area contributed by atoms with E-state index in [4.69, 9.17) is 9.47 Å². The average Bonchev–Trinajstić information content (AvgIpc) is 2.88. The number of benzene rings is 1. The molecule has 0 amide bonds. The molecular weight excluding hydrogens is 310 g/mol. The van der Waals surface area contributed by atoms with Crippen molar-refractivity contribution >= 4 is 27.4 Å². The summed E-state index contributed by atoms with van der Waals surface area (Å²) < 4.78 is 12.1. The van der Waals surface area contributed by atoms with E-state index >= 15 is 0 Å². The second-order valence-corrected chi connectivity index (χ2v) is 6.25. The summed E-state index contributed by atoms with van der Waals surface area (Å²) in [4.78, 5) is 15.5. The molecule has 3 rings (SSSR count). The zero-order valence-corrected chi connectivity index (χ0v) is 14.1. The molecule has 0 atom stereocenters. The van der Waals surface area contributed by atoms with Crippen molar-refractivity contribution in [3.05, 3.63) is 52.7 Å². The highest BCUT2D eigenvalue weighted by Crippen LogP contribution is 2.34. The molecule has 0 aliphatic carbocycles. The van der Waals surface area contributed by atoms with Gasteiger partial charge >= 0.3 is 5.97 Å². The van der Waals surface area contributed by atoms with Crippen molar-refractivity contribution in [3.63, 3.8) is 0 Å². The fourth-order valence-electron chi connectivity index (χ4n) is 2.34. The predicted octanol–water partition coefficient (Wildman–Crippen LogP) is 4.42. The maximum atomic E-state index is 11.1. The molecule has 0 saturated carbocycles. The Morgan fingerprint density at radius 1 is 1.22 bits per heavy atom. The van der Waals surface area contributed by atoms with Crippen molar-refractivity contribution in [2.75, 3.05) is 0 Å². The van der Waals surface area contributed by atoms with E-state index in [1.54, 1.807) is 0 Å². The second-order valence-electron chi connectivity index (χ2n) is 5.34. The topological polar surface area (TPSA) is 48.4 Å². The maximum Gasteiger partial charge on any atom is 0.308 e. The third kappa shape index (κ3) is 3.51. The molecule has 0 aliphatic heterocycles. The molecule has 0 aliphatic rings. The van der Waals surface area contributed by atoms with Crippen LogP contribution in [0.1, 0.15) is 23.9 Å². The number of hydrogen-bond donors (Lipinski definition) is 0. The van der Waals surface area contributed by atoms with Crippen LogP contribution in [-0.4, -0.2) is 11.0 Å². The van der Waals surface area contributed by atoms with Gasteiger partial charge in [-0.1, -0.05) is 6.07 Å². The van der Waals surface area contributed by atoms with Gasteiger partial charge in [0.25, 0.3) is 0 Å². The number of aryl methyl sites for hydroxylation is 2. The standard InChI is InChI=1S/C18H17NO3S/c1-11-4-5-14(12(2)19-11)9-21-15-6-7-16-17(22-13(3)20)10-23-18(16)8-15/h4-8,10H,9H2,1-3H3. The summed E-state index contributed by atoms with van der Waals surface area (Å²) in [5.74, 6) is 1.07. The fourth-order valence-corrected chi connectivity index (χ4v) is 3.23. The molecule has 118 valence electrons. The zero-order chi connectivity index (χ0) is 16.4. The van der Waals surface area contributed by atoms with Gasteiger partial charge in [-0.05, 0) is 38.1 Å². The largest absolute Gasteiger partial charge is 0.489 e. The van der Waals surface area contributed by atoms with Gasteiger partial charge in [0.2, 0.25) is 0 Å². The van der Waals surface area contributed by atoms with Crippen molar-refractivity contribution in [1.29, 1.82) is 0 Å². The lowest BCUT2D eigenvalue weighted by Gasteiger charge is -2.09. The van der Waals surface area contributed by atoms with Crippen LogP contribution in [0, 0.1) is 13.8 Å². The van der Waals surface area contributed by atoms with Crippen LogP contribution in [-0.2, 0) is 11.4 Å². The first kappa shape index (κ1) is 15.5. The van der Waals surface area contributed by atoms with Crippen LogP contribution in [0.15, 0.2) is 35.7 Å². The first-order valence-electron chi connectivity index (χ1n) is 7.28. The van der Waals surface area contributed by atoms with Crippen molar-refractivity contribution in [2.24, 2.45) is 0 Å². The van der Waals surface area contributed by atoms with Crippen LogP contribution >= 0.6 is 11.3 Å². The minimum absolute atomic E-state index is 0.313. The van der Waals surface area contributed by atoms with Crippen molar-refractivity contribution in [2.45, 2.75) is 27.4 Å². The number of carbonyl (C=O) groups is 1. The molecule has 0 saturated heterocycles. The normalized spacial score (nSPS) is 10.7. The van der Waals surface area contributed by atoms with Gasteiger partial charge < -0.3 is 9.47 Å². The third-order valence-electron chi connectivity index (χ3n) is 3.49. The van der Waals surface area contributed by atoms with E-state index in [1.807, 2.05) is 49.6 Å². The lowest BCUT2D eigenvalue weighted by molar-refractivity contribution is -0.131. The van der Waals surface area contributed by atoms with Gasteiger partial charge in [0.15, 0.2) is 0 Å². The molecule has 23 heavy (non-hydrogen) atoms. The molecule has 3 aromatic rings. The quantitative estimate of drug-likeness (QED) is 0.666. The minimum Gasteiger partial charge on any atom is -0.489 e. The fraction of sp³-hybridized carbons (Fsp3) is 0.222. The van der Waals surface area contributed by atoms with E-state index in [9.17, 15) is 4.79 Å². The van der Waals surface area contributed by atoms with Gasteiger partial charge in [0.05, 0.1) is 0 Å². The molecule has 0 radical (unpaired) electrons. The monoisotopic (exact) mass is 327 g/mol. The van der Waals surface area contributed by atoms with E-state index in [0.717, 1.165) is 32.8 Å². The molecule has 1 aromatic carbocycles. The number of esters is 1. The molecule has 0 unspecified atom stereocenters. The summed E-state index contributed by atoms with van der Waals surface area (Å²) in [6, 6.07) is 9.79. The van der Waals surface area contributed by atoms with Gasteiger partial charge in [0, 0.05) is 39.3 Å². The van der Waals surface area contributed by atoms with Crippen LogP contribution in [0.4, 0.5) is 0 Å². The Balaban J connectivity index is 1.77. The van der Waals surface area contributed by atoms with Gasteiger partial charge in [0.1, 0.15) is 18.1 Å². The van der Waals surface area contributed by atoms with E-state index in [2.05, 4.69) is 4.98 Å². The minimum atomic E-state index is -0.313. The number of fused-ring (bicyclic) bond motifs is 1. The Hall–Kier alpha value is -2.40. The number of aromatic nitrogens is 1. The molecule has 2 aromatic heterocycles. The molecule has 0 bridgehead atoms. The van der Waals surface area contributed by atoms with Gasteiger partial charge in [-0.2, -0.15) is 0 Å². The SMILES string of the molecule is CC(=O)Oc1csc2cc(OCc3ccc(C)nc3C)ccc12. The Bertz CT molecular complexity index is 870. The molecule has 0 N–H and O–H groups in total. The number of rotatable bonds is 4. The number of pyridine rings is 1. The van der Waals surface area contributed by atoms with Gasteiger partial charge in [-0.15, -0.1) is 11.3 Å². The Labute approximate surface area is 138 Å². The zero-order valence-electron chi connectivity index (χ0n) is 13.3. The van der Waals surface area contributed by atoms with Crippen LogP contribution < -0.4 is 9.47 Å². The van der Waals surface area contributed by atoms with Crippen molar-refractivity contribution in [1.82, 2.24) is 4.98 Å². The highest BCUT2D eigenvalue weighted by molar-refractivity contribution is 7.17. The molecule has 0 fully saturated rings. The highest BCUT2D eigenvalue weighted by atomic mass is 32.1. The first-order valence-corrected chi connectivity index (χ1v) is 8.16. The summed E-state index contributed by atoms with van der Waals surface area (Å²) >= 11 is 1.53. The number of nitrogens with zero attached hydrogens (tertiary/aromatic N) is 1. The van der Waals surface area contributed by atoms with Crippen LogP contribution in [0.5, 0.6) is 11.5 Å². The van der Waals surface area contributed by atoms with E-state index in [0.29, 0.717) is 12.4 Å². The Morgan fingerprint density at radius 2 is 2.04 bits per heavy atom. The second kappa shape index (κ2) is 6.38. The molecular formula is C18H17NO3S. The molecule has 0 spiro atoms. The van der Waals surface area contributed by atoms with E-state index in [-0.39, 0.29) is 5.97 Å². The van der Waals surface area contributed by atoms with Crippen molar-refractivity contribution in [3.8, 4) is 11.5 Å². The summed E-state index contributed by atoms with van der Waals surface area (Å²) in [6.07, 6.45) is 0. The Morgan fingerprint density at radius 3 is 2.78 bits per heavy atom. The molecule has 4 nitrogen and oxygen atoms in total. The average molecular weight is 327 g/mol. The smallest absolute Gasteiger partial charge is 0.308 e. The van der Waals surface area contributed by atoms with E-state index < -0.39 is 0 Å². The summed E-state index contributed by atoms with van der Waals surface area (Å²) in [5.41, 5.74) is 3.06. The van der Waals surface area contributed by atoms with Crippen molar-refractivity contribution < 1.29 is 14.3 Å². The molecule has 5 heteroatoms. The van der Waals surface area contributed by atoms with Crippen LogP contribution in [0.25, 0.3) is 10.1 Å². The van der Waals surface area contributed by atoms with E-state index in [1.165, 1.54) is 18.3 Å². The summed E-state index contributed by atoms with van der Waals surface area (Å²) in [6.45, 7) is 5.84. The number of hydrogen-bond acceptors (Lipinski definition) is 5. The lowest BCUT2D eigenvalue weighted by atomic mass is 10.2. The van der Waals surface area contributed by atoms with Crippen LogP contribution in [0.2, 0.25) is 0 Å². The number of ether oxygens (including phenoxy) is 2. The predicted molar refractivity (Wildman–Crippen MR) is 91.2 cm³/mol. The maximum absolute atomic E-state index is 11.1. The number of thiophene rings is 1. The number of carbonyl (C=O) groups excluding carboxylic acids is 1. The highest BCUT2D eigenvalue weighted by Gasteiger charge is 2.09. The summed E-state index contributed by atoms with van der Waals surface area (Å²) in [7, 11) is 0. The van der Waals surface area contributed by atoms with Gasteiger partial charge in [-0.3, -0.25) is 9.78 Å². The Kier molecular flexibility index (Phi) is 4.30. The van der Waals surface area contributed by atoms with Gasteiger partial charge in [-0.25, -0.2) is 0 Å². The summed E-state index contributed by atoms with van der Waals surface area (Å²) in [5, 5.41) is 2.76. The van der Waals surface area contributed by atoms with Crippen LogP contribution in [0.3, 0.4) is 0 Å². The third-order valence-corrected chi connectivity index (χ3v) is 4.42. The first-order chi connectivity index (χ1) is 11.0.